The smallest absolute Gasteiger partial charge is 0.134 e. The monoisotopic (exact) mass is 323 g/mol. The van der Waals surface area contributed by atoms with Crippen LogP contribution >= 0.6 is 15.9 Å². The van der Waals surface area contributed by atoms with E-state index in [-0.39, 0.29) is 0 Å². The molecule has 1 N–H and O–H groups in total. The fraction of sp³-hybridized carbons (Fsp3) is 0.462. The molecule has 2 aromatic rings. The van der Waals surface area contributed by atoms with E-state index in [1.807, 2.05) is 30.1 Å². The Bertz CT molecular complexity index is 550. The van der Waals surface area contributed by atoms with Crippen LogP contribution in [0.5, 0.6) is 0 Å². The van der Waals surface area contributed by atoms with E-state index >= 15 is 0 Å². The summed E-state index contributed by atoms with van der Waals surface area (Å²) >= 11 is 3.41. The molecule has 0 aromatic carbocycles. The van der Waals surface area contributed by atoms with Crippen LogP contribution in [0.2, 0.25) is 0 Å². The summed E-state index contributed by atoms with van der Waals surface area (Å²) in [6.07, 6.45) is 2.83. The molecule has 0 aliphatic heterocycles. The Morgan fingerprint density at radius 2 is 2.16 bits per heavy atom. The lowest BCUT2D eigenvalue weighted by Gasteiger charge is -2.09. The number of rotatable bonds is 5. The maximum atomic E-state index is 4.49. The molecule has 0 unspecified atom stereocenters. The summed E-state index contributed by atoms with van der Waals surface area (Å²) in [5, 5.41) is 7.65. The molecule has 0 spiro atoms. The zero-order chi connectivity index (χ0) is 13.8. The Morgan fingerprint density at radius 3 is 2.79 bits per heavy atom. The van der Waals surface area contributed by atoms with Crippen molar-refractivity contribution in [1.29, 1.82) is 0 Å². The Kier molecular flexibility index (Phi) is 4.52. The maximum Gasteiger partial charge on any atom is 0.134 e. The van der Waals surface area contributed by atoms with E-state index in [0.29, 0.717) is 5.92 Å². The van der Waals surface area contributed by atoms with E-state index in [1.165, 1.54) is 0 Å². The highest BCUT2D eigenvalue weighted by molar-refractivity contribution is 9.10. The van der Waals surface area contributed by atoms with Gasteiger partial charge < -0.3 is 5.32 Å². The summed E-state index contributed by atoms with van der Waals surface area (Å²) in [7, 11) is 1.92. The van der Waals surface area contributed by atoms with Crippen molar-refractivity contribution in [3.63, 3.8) is 0 Å². The molecule has 2 rings (SSSR count). The summed E-state index contributed by atoms with van der Waals surface area (Å²) in [6.45, 7) is 4.97. The molecule has 0 amide bonds. The van der Waals surface area contributed by atoms with Crippen LogP contribution in [0.4, 0.5) is 5.82 Å². The quantitative estimate of drug-likeness (QED) is 0.859. The van der Waals surface area contributed by atoms with Crippen LogP contribution < -0.4 is 5.32 Å². The van der Waals surface area contributed by atoms with E-state index in [4.69, 9.17) is 0 Å². The first-order valence-corrected chi connectivity index (χ1v) is 7.11. The van der Waals surface area contributed by atoms with Crippen molar-refractivity contribution in [2.24, 2.45) is 7.05 Å². The standard InChI is InChI=1S/C13H18BrN5/c1-9(2)13-16-11(14)8-12(17-13)15-6-4-10-5-7-19(3)18-10/h5,7-9H,4,6H2,1-3H3,(H,15,16,17). The summed E-state index contributed by atoms with van der Waals surface area (Å²) in [5.74, 6) is 2.00. The number of nitrogens with zero attached hydrogens (tertiary/aromatic N) is 4. The average molecular weight is 324 g/mol. The average Bonchev–Trinajstić information content (AvgIpc) is 2.74. The Balaban J connectivity index is 1.95. The molecule has 0 aliphatic rings. The van der Waals surface area contributed by atoms with Crippen LogP contribution in [0.1, 0.15) is 31.3 Å². The molecule has 0 aliphatic carbocycles. The van der Waals surface area contributed by atoms with Gasteiger partial charge in [0.05, 0.1) is 5.69 Å². The highest BCUT2D eigenvalue weighted by atomic mass is 79.9. The van der Waals surface area contributed by atoms with Crippen molar-refractivity contribution in [3.05, 3.63) is 34.5 Å². The fourth-order valence-corrected chi connectivity index (χ4v) is 2.10. The molecule has 6 heteroatoms. The third kappa shape index (κ3) is 4.02. The normalized spacial score (nSPS) is 11.0. The molecular formula is C13H18BrN5. The van der Waals surface area contributed by atoms with E-state index in [1.54, 1.807) is 0 Å². The Morgan fingerprint density at radius 1 is 1.37 bits per heavy atom. The zero-order valence-corrected chi connectivity index (χ0v) is 13.0. The first-order chi connectivity index (χ1) is 9.04. The van der Waals surface area contributed by atoms with E-state index in [9.17, 15) is 0 Å². The number of halogens is 1. The second kappa shape index (κ2) is 6.14. The van der Waals surface area contributed by atoms with Gasteiger partial charge in [0.25, 0.3) is 0 Å². The molecule has 19 heavy (non-hydrogen) atoms. The third-order valence-electron chi connectivity index (χ3n) is 2.68. The van der Waals surface area contributed by atoms with Gasteiger partial charge in [-0.2, -0.15) is 5.10 Å². The van der Waals surface area contributed by atoms with Gasteiger partial charge in [0.15, 0.2) is 0 Å². The van der Waals surface area contributed by atoms with E-state index in [0.717, 1.165) is 34.9 Å². The number of hydrogen-bond donors (Lipinski definition) is 1. The summed E-state index contributed by atoms with van der Waals surface area (Å²) in [4.78, 5) is 8.84. The van der Waals surface area contributed by atoms with Crippen LogP contribution in [0.3, 0.4) is 0 Å². The summed E-state index contributed by atoms with van der Waals surface area (Å²) < 4.78 is 2.62. The number of aryl methyl sites for hydroxylation is 1. The van der Waals surface area contributed by atoms with Crippen LogP contribution in [0, 0.1) is 0 Å². The van der Waals surface area contributed by atoms with Crippen LogP contribution in [-0.4, -0.2) is 26.3 Å². The van der Waals surface area contributed by atoms with Gasteiger partial charge in [-0.1, -0.05) is 13.8 Å². The molecule has 0 bridgehead atoms. The number of nitrogens with one attached hydrogen (secondary N) is 1. The topological polar surface area (TPSA) is 55.6 Å². The van der Waals surface area contributed by atoms with Crippen molar-refractivity contribution in [3.8, 4) is 0 Å². The van der Waals surface area contributed by atoms with Gasteiger partial charge in [-0.05, 0) is 22.0 Å². The van der Waals surface area contributed by atoms with Crippen LogP contribution in [0.15, 0.2) is 22.9 Å². The minimum absolute atomic E-state index is 0.314. The molecule has 0 atom stereocenters. The molecule has 2 aromatic heterocycles. The summed E-state index contributed by atoms with van der Waals surface area (Å²) in [6, 6.07) is 3.92. The van der Waals surface area contributed by atoms with Gasteiger partial charge in [0.1, 0.15) is 16.2 Å². The lowest BCUT2D eigenvalue weighted by molar-refractivity contribution is 0.740. The van der Waals surface area contributed by atoms with Crippen molar-refractivity contribution < 1.29 is 0 Å². The second-order valence-corrected chi connectivity index (χ2v) is 5.56. The highest BCUT2D eigenvalue weighted by Gasteiger charge is 2.06. The minimum Gasteiger partial charge on any atom is -0.370 e. The predicted molar refractivity (Wildman–Crippen MR) is 79.2 cm³/mol. The van der Waals surface area contributed by atoms with Crippen LogP contribution in [-0.2, 0) is 13.5 Å². The first kappa shape index (κ1) is 14.0. The van der Waals surface area contributed by atoms with Gasteiger partial charge in [-0.25, -0.2) is 9.97 Å². The van der Waals surface area contributed by atoms with Gasteiger partial charge in [0.2, 0.25) is 0 Å². The Hall–Kier alpha value is -1.43. The van der Waals surface area contributed by atoms with E-state index < -0.39 is 0 Å². The molecule has 0 radical (unpaired) electrons. The molecule has 0 saturated carbocycles. The first-order valence-electron chi connectivity index (χ1n) is 6.31. The zero-order valence-electron chi connectivity index (χ0n) is 11.4. The number of aromatic nitrogens is 4. The minimum atomic E-state index is 0.314. The largest absolute Gasteiger partial charge is 0.370 e. The molecule has 5 nitrogen and oxygen atoms in total. The fourth-order valence-electron chi connectivity index (χ4n) is 1.70. The molecule has 0 saturated heterocycles. The van der Waals surface area contributed by atoms with Crippen molar-refractivity contribution in [1.82, 2.24) is 19.7 Å². The third-order valence-corrected chi connectivity index (χ3v) is 3.09. The van der Waals surface area contributed by atoms with Gasteiger partial charge in [-0.15, -0.1) is 0 Å². The lowest BCUT2D eigenvalue weighted by Crippen LogP contribution is -2.09. The lowest BCUT2D eigenvalue weighted by atomic mass is 10.2. The molecule has 2 heterocycles. The molecule has 0 fully saturated rings. The van der Waals surface area contributed by atoms with Crippen LogP contribution in [0.25, 0.3) is 0 Å². The van der Waals surface area contributed by atoms with Gasteiger partial charge >= 0.3 is 0 Å². The summed E-state index contributed by atoms with van der Waals surface area (Å²) in [5.41, 5.74) is 1.08. The second-order valence-electron chi connectivity index (χ2n) is 4.75. The highest BCUT2D eigenvalue weighted by Crippen LogP contribution is 2.17. The van der Waals surface area contributed by atoms with Crippen molar-refractivity contribution in [2.45, 2.75) is 26.2 Å². The molecular weight excluding hydrogens is 306 g/mol. The van der Waals surface area contributed by atoms with Gasteiger partial charge in [0, 0.05) is 38.2 Å². The number of hydrogen-bond acceptors (Lipinski definition) is 4. The SMILES string of the molecule is CC(C)c1nc(Br)cc(NCCc2ccn(C)n2)n1. The predicted octanol–water partition coefficient (Wildman–Crippen LogP) is 2.75. The van der Waals surface area contributed by atoms with Gasteiger partial charge in [-0.3, -0.25) is 4.68 Å². The Labute approximate surface area is 121 Å². The maximum absolute atomic E-state index is 4.49. The van der Waals surface area contributed by atoms with E-state index in [2.05, 4.69) is 50.2 Å². The van der Waals surface area contributed by atoms with Crippen molar-refractivity contribution >= 4 is 21.7 Å². The number of anilines is 1. The molecule has 102 valence electrons. The van der Waals surface area contributed by atoms with Crippen molar-refractivity contribution in [2.75, 3.05) is 11.9 Å².